The van der Waals surface area contributed by atoms with Gasteiger partial charge in [0.25, 0.3) is 0 Å². The maximum Gasteiger partial charge on any atom is 0.490 e. The molecule has 0 saturated heterocycles. The number of carbonyl (C=O) groups is 5. The predicted molar refractivity (Wildman–Crippen MR) is 321 cm³/mol. The molecule has 0 unspecified atom stereocenters. The number of carboxylic acid groups (broad SMARTS) is 3. The number of aromatic nitrogens is 1. The normalized spacial score (nSPS) is 15.0. The van der Waals surface area contributed by atoms with E-state index in [2.05, 4.69) is 81.3 Å². The maximum absolute atomic E-state index is 12.7. The summed E-state index contributed by atoms with van der Waals surface area (Å²) in [5.74, 6) is -8.26. The number of nitrogens with zero attached hydrogens (tertiary/aromatic N) is 4. The fourth-order valence-electron chi connectivity index (χ4n) is 9.08. The molecule has 1 aromatic heterocycles. The van der Waals surface area contributed by atoms with Crippen LogP contribution in [0.2, 0.25) is 0 Å². The summed E-state index contributed by atoms with van der Waals surface area (Å²) in [6, 6.07) is 12.4. The summed E-state index contributed by atoms with van der Waals surface area (Å²) in [6.45, 7) is 13.3. The number of thiazole rings is 1. The lowest BCUT2D eigenvalue weighted by molar-refractivity contribution is -0.604. The van der Waals surface area contributed by atoms with Crippen LogP contribution >= 0.6 is 11.3 Å². The summed E-state index contributed by atoms with van der Waals surface area (Å²) in [7, 11) is -8.23. The second kappa shape index (κ2) is 35.3. The number of sulfonamides is 1. The Morgan fingerprint density at radius 3 is 1.86 bits per heavy atom. The SMILES string of the molecule is Cc1nc(N)sc1CCCN=C(N)NC(=O)NCCCCCCNC(=O)CCCCC[N+]1=C(C=CC=CC=C2N(CCCCS(N)(=O)=O)c3ccccc3C2(C)C)c2cc(S(=O)(=O)[O-])ccc2C1(C)C.O=C(O)C(F)(F)F.O=C(O)C(F)(F)F.O=C(O)C(F)(F)F. The van der Waals surface area contributed by atoms with Gasteiger partial charge in [-0.2, -0.15) is 39.5 Å². The summed E-state index contributed by atoms with van der Waals surface area (Å²) in [5.41, 5.74) is 17.5. The van der Waals surface area contributed by atoms with E-state index in [-0.39, 0.29) is 27.9 Å². The van der Waals surface area contributed by atoms with Crippen molar-refractivity contribution in [2.75, 3.05) is 49.1 Å². The number of benzene rings is 2. The third-order valence-corrected chi connectivity index (χ3v) is 16.2. The molecule has 0 atom stereocenters. The number of aryl methyl sites for hydroxylation is 2. The predicted octanol–water partition coefficient (Wildman–Crippen LogP) is 8.23. The summed E-state index contributed by atoms with van der Waals surface area (Å²) in [6.07, 6.45) is 3.39. The van der Waals surface area contributed by atoms with Gasteiger partial charge in [0.05, 0.1) is 21.9 Å². The number of nitrogen functional groups attached to an aromatic ring is 1. The van der Waals surface area contributed by atoms with Crippen molar-refractivity contribution < 1.29 is 105 Å². The van der Waals surface area contributed by atoms with Crippen LogP contribution < -0.4 is 37.5 Å². The maximum atomic E-state index is 12.7. The van der Waals surface area contributed by atoms with E-state index < -0.39 is 68.1 Å². The lowest BCUT2D eigenvalue weighted by atomic mass is 9.84. The van der Waals surface area contributed by atoms with Crippen LogP contribution in [0.3, 0.4) is 0 Å². The first-order valence-corrected chi connectivity index (χ1v) is 31.8. The van der Waals surface area contributed by atoms with Gasteiger partial charge >= 0.3 is 42.5 Å². The molecule has 3 aromatic rings. The molecule has 0 bridgehead atoms. The average molecular weight is 1360 g/mol. The van der Waals surface area contributed by atoms with Gasteiger partial charge in [0, 0.05) is 86.2 Å². The number of nitrogens with two attached hydrogens (primary N) is 3. The number of halogens is 9. The molecule has 23 nitrogen and oxygen atoms in total. The van der Waals surface area contributed by atoms with Crippen LogP contribution in [0.25, 0.3) is 0 Å². The van der Waals surface area contributed by atoms with Gasteiger partial charge in [-0.25, -0.2) is 50.7 Å². The Balaban J connectivity index is 0.00000115. The molecule has 2 aliphatic heterocycles. The Kier molecular flexibility index (Phi) is 30.8. The number of allylic oxidation sites excluding steroid dienone is 6. The molecule has 2 aromatic carbocycles. The third kappa shape index (κ3) is 27.8. The number of hydrogen-bond acceptors (Lipinski definition) is 15. The number of unbranched alkanes of at least 4 members (excludes halogenated alkanes) is 6. The van der Waals surface area contributed by atoms with Crippen LogP contribution in [0, 0.1) is 6.92 Å². The second-order valence-corrected chi connectivity index (χ2v) is 25.4. The van der Waals surface area contributed by atoms with Crippen LogP contribution in [-0.4, -0.2) is 145 Å². The van der Waals surface area contributed by atoms with Gasteiger partial charge in [0.1, 0.15) is 16.7 Å². The summed E-state index contributed by atoms with van der Waals surface area (Å²) in [5, 5.41) is 35.6. The van der Waals surface area contributed by atoms with E-state index in [1.54, 1.807) is 6.07 Å². The quantitative estimate of drug-likeness (QED) is 0.00694. The lowest BCUT2D eigenvalue weighted by Gasteiger charge is -2.27. The molecular formula is C56H75F9N10O13S3. The number of carbonyl (C=O) groups excluding carboxylic acids is 2. The first kappa shape index (κ1) is 79.5. The van der Waals surface area contributed by atoms with Crippen LogP contribution in [-0.2, 0) is 56.7 Å². The lowest BCUT2D eigenvalue weighted by Crippen LogP contribution is -2.43. The molecule has 0 spiro atoms. The first-order valence-electron chi connectivity index (χ1n) is 27.8. The number of urea groups is 1. The molecule has 0 fully saturated rings. The van der Waals surface area contributed by atoms with Gasteiger partial charge in [0.2, 0.25) is 21.6 Å². The Labute approximate surface area is 524 Å². The van der Waals surface area contributed by atoms with Gasteiger partial charge in [-0.05, 0) is 88.1 Å². The average Bonchev–Trinajstić information content (AvgIpc) is 1.64. The van der Waals surface area contributed by atoms with Gasteiger partial charge in [0.15, 0.2) is 16.6 Å². The van der Waals surface area contributed by atoms with E-state index in [4.69, 9.17) is 46.3 Å². The van der Waals surface area contributed by atoms with Crippen LogP contribution in [0.5, 0.6) is 0 Å². The summed E-state index contributed by atoms with van der Waals surface area (Å²) >= 11 is 1.47. The van der Waals surface area contributed by atoms with E-state index in [0.29, 0.717) is 69.1 Å². The van der Waals surface area contributed by atoms with Crippen LogP contribution in [0.1, 0.15) is 126 Å². The molecule has 3 heterocycles. The smallest absolute Gasteiger partial charge is 0.490 e. The summed E-state index contributed by atoms with van der Waals surface area (Å²) < 4.78 is 157. The zero-order valence-electron chi connectivity index (χ0n) is 50.2. The minimum atomic E-state index is -5.08. The van der Waals surface area contributed by atoms with Crippen molar-refractivity contribution in [3.63, 3.8) is 0 Å². The van der Waals surface area contributed by atoms with Crippen LogP contribution in [0.15, 0.2) is 88.4 Å². The molecule has 508 valence electrons. The highest BCUT2D eigenvalue weighted by atomic mass is 32.2. The van der Waals surface area contributed by atoms with Crippen molar-refractivity contribution in [2.24, 2.45) is 15.9 Å². The number of amides is 3. The molecule has 12 N–H and O–H groups in total. The van der Waals surface area contributed by atoms with Gasteiger partial charge < -0.3 is 46.9 Å². The van der Waals surface area contributed by atoms with E-state index in [1.807, 2.05) is 43.4 Å². The van der Waals surface area contributed by atoms with Crippen molar-refractivity contribution in [2.45, 2.75) is 146 Å². The number of carboxylic acids is 3. The zero-order valence-corrected chi connectivity index (χ0v) is 52.7. The summed E-state index contributed by atoms with van der Waals surface area (Å²) in [4.78, 5) is 63.1. The number of primary sulfonamides is 1. The van der Waals surface area contributed by atoms with Crippen LogP contribution in [0.4, 0.5) is 55.1 Å². The first-order chi connectivity index (χ1) is 41.9. The fourth-order valence-corrected chi connectivity index (χ4v) is 11.1. The van der Waals surface area contributed by atoms with E-state index >= 15 is 0 Å². The number of para-hydroxylation sites is 1. The van der Waals surface area contributed by atoms with Crippen molar-refractivity contribution in [3.05, 3.63) is 106 Å². The topological polar surface area (TPSA) is 383 Å². The highest BCUT2D eigenvalue weighted by Crippen LogP contribution is 2.47. The van der Waals surface area contributed by atoms with E-state index in [1.165, 1.54) is 29.0 Å². The third-order valence-electron chi connectivity index (χ3n) is 13.5. The van der Waals surface area contributed by atoms with E-state index in [0.717, 1.165) is 84.6 Å². The number of hydrogen-bond donors (Lipinski definition) is 9. The standard InChI is InChI=1S/C50H72N10O7S3.3C2HF3O2/c1-36-43(68-47(52)57-36)24-20-31-55-46(51)58-48(62)56-30-16-7-6-15-29-54-45(61)26-12-9-17-33-60-41(38-35-37(70(65,66)67)27-28-39(38)50(60,4)5)22-10-8-11-25-44-49(2,3)40-21-13-14-23-42(40)59(44)32-18-19-34-69(53,63)64;3*3-2(4,5)1(6)7/h8,10-11,13-14,21-23,25,27-28,35H,6-7,9,12,15-20,24,26,29-34H2,1-5H3,(H9-,51,52,53,54,55,56,57,58,61,62,63,64,65,66,67);3*(H,6,7). The Hall–Kier alpha value is -7.63. The minimum Gasteiger partial charge on any atom is -0.744 e. The number of aliphatic carboxylic acids is 3. The molecule has 2 aliphatic rings. The van der Waals surface area contributed by atoms with Crippen molar-refractivity contribution in [1.29, 1.82) is 0 Å². The van der Waals surface area contributed by atoms with Crippen molar-refractivity contribution in [1.82, 2.24) is 20.9 Å². The highest BCUT2D eigenvalue weighted by Gasteiger charge is 2.45. The number of guanidine groups is 1. The number of aliphatic imine (C=N–C) groups is 1. The number of anilines is 2. The molecule has 35 heteroatoms. The molecular weight excluding hydrogens is 1290 g/mol. The Bertz CT molecular complexity index is 3330. The van der Waals surface area contributed by atoms with E-state index in [9.17, 15) is 70.5 Å². The fraction of sp³-hybridized carbons (Fsp3) is 0.500. The molecule has 3 amide bonds. The Morgan fingerprint density at radius 1 is 0.758 bits per heavy atom. The number of rotatable bonds is 26. The monoisotopic (exact) mass is 1360 g/mol. The highest BCUT2D eigenvalue weighted by molar-refractivity contribution is 7.89. The zero-order chi connectivity index (χ0) is 69.3. The second-order valence-electron chi connectivity index (χ2n) is 21.2. The van der Waals surface area contributed by atoms with Gasteiger partial charge in [-0.3, -0.25) is 15.1 Å². The van der Waals surface area contributed by atoms with Gasteiger partial charge in [-0.1, -0.05) is 69.2 Å². The minimum absolute atomic E-state index is 0.00757. The number of alkyl halides is 9. The molecule has 5 rings (SSSR count). The van der Waals surface area contributed by atoms with Gasteiger partial charge in [-0.15, -0.1) is 11.3 Å². The number of nitrogens with one attached hydrogen (secondary N) is 3. The molecule has 0 aliphatic carbocycles. The molecule has 0 radical (unpaired) electrons. The van der Waals surface area contributed by atoms with Crippen molar-refractivity contribution >= 4 is 83.8 Å². The number of fused-ring (bicyclic) bond motifs is 2. The molecule has 91 heavy (non-hydrogen) atoms. The van der Waals surface area contributed by atoms with Crippen molar-refractivity contribution in [3.8, 4) is 0 Å². The molecule has 0 saturated carbocycles. The largest absolute Gasteiger partial charge is 0.744 e. The Morgan fingerprint density at radius 2 is 1.32 bits per heavy atom.